The minimum absolute atomic E-state index is 0. The molecule has 0 amide bonds. The van der Waals surface area contributed by atoms with Crippen LogP contribution in [0, 0.1) is 63.2 Å². The van der Waals surface area contributed by atoms with Crippen molar-refractivity contribution in [2.75, 3.05) is 0 Å². The van der Waals surface area contributed by atoms with E-state index in [4.69, 9.17) is 0 Å². The zero-order chi connectivity index (χ0) is 13.0. The average Bonchev–Trinajstić information content (AvgIpc) is 3.03. The SMILES string of the molecule is [CH2-]C1CCC2CC[CH-]C12.[CH2-]C[CH-]C1CCCC1[CH2-].[W+2].[W].[Y].[Y].[Y]. The minimum atomic E-state index is 0. The van der Waals surface area contributed by atoms with Gasteiger partial charge in [0, 0.05) is 119 Å². The Morgan fingerprint density at radius 3 is 2.04 bits per heavy atom. The van der Waals surface area contributed by atoms with E-state index in [0.717, 1.165) is 30.1 Å². The second-order valence-corrected chi connectivity index (χ2v) is 6.37. The summed E-state index contributed by atoms with van der Waals surface area (Å²) in [6.07, 6.45) is 15.5. The van der Waals surface area contributed by atoms with Crippen LogP contribution >= 0.6 is 0 Å². The molecule has 0 aromatic rings. The predicted octanol–water partition coefficient (Wildman–Crippen LogP) is 5.11. The molecule has 23 heavy (non-hydrogen) atoms. The maximum atomic E-state index is 4.15. The Balaban J connectivity index is -0.000000129. The summed E-state index contributed by atoms with van der Waals surface area (Å²) < 4.78 is 0. The topological polar surface area (TPSA) is 0 Å². The van der Waals surface area contributed by atoms with Gasteiger partial charge in [0.2, 0.25) is 0 Å². The van der Waals surface area contributed by atoms with Gasteiger partial charge in [-0.25, -0.2) is 0 Å². The van der Waals surface area contributed by atoms with Crippen molar-refractivity contribution in [2.45, 2.75) is 51.4 Å². The Morgan fingerprint density at radius 2 is 1.57 bits per heavy atom. The number of rotatable bonds is 2. The first-order valence-corrected chi connectivity index (χ1v) is 7.84. The van der Waals surface area contributed by atoms with Crippen molar-refractivity contribution in [3.63, 3.8) is 0 Å². The third-order valence-electron chi connectivity index (χ3n) is 5.16. The van der Waals surface area contributed by atoms with Crippen molar-refractivity contribution in [3.8, 4) is 0 Å². The molecule has 3 aliphatic carbocycles. The molecule has 0 aromatic heterocycles. The Bertz CT molecular complexity index is 252. The molecular formula is C18H29W2Y3-3. The minimum Gasteiger partial charge on any atom is -0.372 e. The van der Waals surface area contributed by atoms with Crippen LogP contribution in [0.5, 0.6) is 0 Å². The normalized spacial score (nSPS) is 33.3. The number of fused-ring (bicyclic) bond motifs is 1. The third kappa shape index (κ3) is 12.1. The van der Waals surface area contributed by atoms with Crippen LogP contribution in [0.4, 0.5) is 0 Å². The Hall–Kier alpha value is 4.69. The summed E-state index contributed by atoms with van der Waals surface area (Å²) in [6.45, 7) is 12.0. The van der Waals surface area contributed by atoms with E-state index in [1.165, 1.54) is 44.9 Å². The molecule has 3 aliphatic rings. The molecule has 5 unspecified atom stereocenters. The summed E-state index contributed by atoms with van der Waals surface area (Å²) >= 11 is 0. The van der Waals surface area contributed by atoms with E-state index in [0.29, 0.717) is 5.92 Å². The van der Waals surface area contributed by atoms with Crippen molar-refractivity contribution in [3.05, 3.63) is 33.6 Å². The first kappa shape index (κ1) is 35.1. The summed E-state index contributed by atoms with van der Waals surface area (Å²) in [6, 6.07) is 0. The fraction of sp³-hybridized carbons (Fsp3) is 0.722. The summed E-state index contributed by atoms with van der Waals surface area (Å²) in [5, 5.41) is 0. The van der Waals surface area contributed by atoms with E-state index in [2.05, 4.69) is 33.6 Å². The van der Waals surface area contributed by atoms with Gasteiger partial charge in [-0.1, -0.05) is 44.4 Å². The molecule has 5 atom stereocenters. The van der Waals surface area contributed by atoms with Gasteiger partial charge in [0.25, 0.3) is 0 Å². The fourth-order valence-electron chi connectivity index (χ4n) is 4.01. The van der Waals surface area contributed by atoms with Crippen LogP contribution < -0.4 is 0 Å². The van der Waals surface area contributed by atoms with Gasteiger partial charge in [0.1, 0.15) is 0 Å². The number of hydrogen-bond acceptors (Lipinski definition) is 0. The van der Waals surface area contributed by atoms with Crippen LogP contribution in [0.2, 0.25) is 0 Å². The van der Waals surface area contributed by atoms with Crippen LogP contribution in [0.15, 0.2) is 0 Å². The smallest absolute Gasteiger partial charge is 0.372 e. The van der Waals surface area contributed by atoms with Crippen molar-refractivity contribution >= 4 is 0 Å². The van der Waals surface area contributed by atoms with Crippen LogP contribution in [-0.2, 0) is 140 Å². The summed E-state index contributed by atoms with van der Waals surface area (Å²) in [5.74, 6) is 4.17. The molecule has 0 bridgehead atoms. The van der Waals surface area contributed by atoms with Gasteiger partial charge in [-0.2, -0.15) is 30.1 Å². The summed E-state index contributed by atoms with van der Waals surface area (Å²) in [7, 11) is 0. The zero-order valence-electron chi connectivity index (χ0n) is 14.4. The van der Waals surface area contributed by atoms with Crippen LogP contribution in [0.1, 0.15) is 51.4 Å². The fourth-order valence-corrected chi connectivity index (χ4v) is 4.01. The van der Waals surface area contributed by atoms with Gasteiger partial charge < -0.3 is 40.0 Å². The first-order valence-electron chi connectivity index (χ1n) is 7.84. The predicted molar refractivity (Wildman–Crippen MR) is 79.1 cm³/mol. The van der Waals surface area contributed by atoms with Crippen molar-refractivity contribution in [1.82, 2.24) is 0 Å². The second-order valence-electron chi connectivity index (χ2n) is 6.37. The molecule has 0 heterocycles. The summed E-state index contributed by atoms with van der Waals surface area (Å²) in [5.41, 5.74) is 0. The second kappa shape index (κ2) is 20.0. The van der Waals surface area contributed by atoms with Crippen LogP contribution in [-0.4, -0.2) is 0 Å². The van der Waals surface area contributed by atoms with E-state index in [1.54, 1.807) is 0 Å². The van der Waals surface area contributed by atoms with E-state index < -0.39 is 0 Å². The van der Waals surface area contributed by atoms with Crippen molar-refractivity contribution in [1.29, 1.82) is 0 Å². The van der Waals surface area contributed by atoms with Gasteiger partial charge >= 0.3 is 21.1 Å². The molecule has 0 aromatic carbocycles. The molecule has 0 saturated heterocycles. The Kier molecular flexibility index (Phi) is 30.5. The molecule has 3 radical (unpaired) electrons. The molecular weight excluding hydrogens is 851 g/mol. The van der Waals surface area contributed by atoms with Crippen molar-refractivity contribution in [2.24, 2.45) is 29.6 Å². The molecule has 5 heteroatoms. The quantitative estimate of drug-likeness (QED) is 0.339. The molecule has 125 valence electrons. The van der Waals surface area contributed by atoms with Gasteiger partial charge in [0.05, 0.1) is 0 Å². The van der Waals surface area contributed by atoms with E-state index in [-0.39, 0.29) is 140 Å². The number of hydrogen-bond donors (Lipinski definition) is 0. The maximum Gasteiger partial charge on any atom is 2.00 e. The zero-order valence-corrected chi connectivity index (χ0v) is 28.7. The summed E-state index contributed by atoms with van der Waals surface area (Å²) in [4.78, 5) is 0. The van der Waals surface area contributed by atoms with Gasteiger partial charge in [0.15, 0.2) is 0 Å². The van der Waals surface area contributed by atoms with Crippen LogP contribution in [0.25, 0.3) is 0 Å². The van der Waals surface area contributed by atoms with Gasteiger partial charge in [-0.05, 0) is 0 Å². The molecule has 0 aliphatic heterocycles. The van der Waals surface area contributed by atoms with E-state index >= 15 is 0 Å². The molecule has 3 fully saturated rings. The van der Waals surface area contributed by atoms with E-state index in [1.807, 2.05) is 0 Å². The van der Waals surface area contributed by atoms with Gasteiger partial charge in [-0.3, -0.25) is 0 Å². The Labute approximate surface area is 250 Å². The molecule has 3 saturated carbocycles. The Morgan fingerprint density at radius 1 is 0.913 bits per heavy atom. The monoisotopic (exact) mass is 880 g/mol. The van der Waals surface area contributed by atoms with Gasteiger partial charge in [-0.15, -0.1) is 0 Å². The molecule has 0 nitrogen and oxygen atoms in total. The molecule has 0 spiro atoms. The first-order chi connectivity index (χ1) is 8.72. The maximum absolute atomic E-state index is 4.15. The van der Waals surface area contributed by atoms with E-state index in [9.17, 15) is 0 Å². The third-order valence-corrected chi connectivity index (χ3v) is 5.16. The molecule has 3 rings (SSSR count). The standard InChI is InChI=1S/C9H14.C9H15.2W.3Y/c1-7-5-6-8-3-2-4-9(7)8;1-3-5-9-7-4-6-8(9)2;;;;;/h4,7-9H,1-3,5-6H2;5,8-9H,1-4,6-7H2;;;;;/q-2;-3;;+2;;;. The molecule has 0 N–H and O–H groups in total. The largest absolute Gasteiger partial charge is 2.00 e. The van der Waals surface area contributed by atoms with Crippen LogP contribution in [0.3, 0.4) is 0 Å². The van der Waals surface area contributed by atoms with Crippen molar-refractivity contribution < 1.29 is 140 Å². The average molecular weight is 880 g/mol.